The molecule has 2 aliphatic heterocycles. The first-order valence-electron chi connectivity index (χ1n) is 6.57. The molecule has 88 valence electrons. The Morgan fingerprint density at radius 3 is 1.93 bits per heavy atom. The second-order valence-electron chi connectivity index (χ2n) is 6.04. The summed E-state index contributed by atoms with van der Waals surface area (Å²) in [6.45, 7) is 13.3. The van der Waals surface area contributed by atoms with Crippen molar-refractivity contribution in [2.75, 3.05) is 19.6 Å². The lowest BCUT2D eigenvalue weighted by atomic mass is 10.1. The zero-order chi connectivity index (χ0) is 11.0. The van der Waals surface area contributed by atoms with Gasteiger partial charge in [0.1, 0.15) is 0 Å². The molecule has 0 spiro atoms. The summed E-state index contributed by atoms with van der Waals surface area (Å²) in [5.74, 6) is 0.815. The Labute approximate surface area is 94.6 Å². The maximum absolute atomic E-state index is 2.76. The van der Waals surface area contributed by atoms with Gasteiger partial charge in [0, 0.05) is 37.8 Å². The Morgan fingerprint density at radius 1 is 1.00 bits per heavy atom. The molecule has 2 atom stereocenters. The predicted molar refractivity (Wildman–Crippen MR) is 65.1 cm³/mol. The molecule has 15 heavy (non-hydrogen) atoms. The third-order valence-corrected chi connectivity index (χ3v) is 3.83. The molecule has 2 heteroatoms. The summed E-state index contributed by atoms with van der Waals surface area (Å²) < 4.78 is 0. The van der Waals surface area contributed by atoms with Gasteiger partial charge in [0.2, 0.25) is 0 Å². The van der Waals surface area contributed by atoms with E-state index in [1.165, 1.54) is 32.5 Å². The maximum atomic E-state index is 2.76. The molecular formula is C13H26N2. The van der Waals surface area contributed by atoms with Gasteiger partial charge < -0.3 is 0 Å². The monoisotopic (exact) mass is 210 g/mol. The molecule has 0 amide bonds. The van der Waals surface area contributed by atoms with Gasteiger partial charge >= 0.3 is 0 Å². The van der Waals surface area contributed by atoms with Crippen LogP contribution in [0.1, 0.15) is 40.5 Å². The van der Waals surface area contributed by atoms with Crippen molar-refractivity contribution in [3.05, 3.63) is 0 Å². The molecular weight excluding hydrogens is 184 g/mol. The minimum absolute atomic E-state index is 0.740. The van der Waals surface area contributed by atoms with Crippen LogP contribution in [-0.2, 0) is 0 Å². The molecule has 2 rings (SSSR count). The van der Waals surface area contributed by atoms with E-state index in [0.29, 0.717) is 0 Å². The smallest absolute Gasteiger partial charge is 0.0229 e. The van der Waals surface area contributed by atoms with Gasteiger partial charge in [-0.15, -0.1) is 0 Å². The number of nitrogens with zero attached hydrogens (tertiary/aromatic N) is 2. The van der Waals surface area contributed by atoms with Crippen LogP contribution in [0.3, 0.4) is 0 Å². The summed E-state index contributed by atoms with van der Waals surface area (Å²) in [4.78, 5) is 5.45. The average Bonchev–Trinajstić information content (AvgIpc) is 2.38. The molecule has 0 radical (unpaired) electrons. The van der Waals surface area contributed by atoms with Gasteiger partial charge in [0.05, 0.1) is 0 Å². The summed E-state index contributed by atoms with van der Waals surface area (Å²) in [7, 11) is 0. The van der Waals surface area contributed by atoms with E-state index in [9.17, 15) is 0 Å². The third-order valence-electron chi connectivity index (χ3n) is 3.83. The van der Waals surface area contributed by atoms with Gasteiger partial charge in [0.15, 0.2) is 0 Å². The molecule has 0 N–H and O–H groups in total. The molecule has 2 heterocycles. The second-order valence-corrected chi connectivity index (χ2v) is 6.04. The van der Waals surface area contributed by atoms with Crippen LogP contribution < -0.4 is 0 Å². The van der Waals surface area contributed by atoms with Crippen molar-refractivity contribution < 1.29 is 0 Å². The Hall–Kier alpha value is -0.0800. The van der Waals surface area contributed by atoms with E-state index in [1.807, 2.05) is 0 Å². The lowest BCUT2D eigenvalue weighted by Crippen LogP contribution is -2.56. The first-order valence-corrected chi connectivity index (χ1v) is 6.57. The highest BCUT2D eigenvalue weighted by molar-refractivity contribution is 4.97. The van der Waals surface area contributed by atoms with Gasteiger partial charge in [-0.05, 0) is 32.6 Å². The topological polar surface area (TPSA) is 6.48 Å². The van der Waals surface area contributed by atoms with Gasteiger partial charge in [-0.3, -0.25) is 9.80 Å². The second kappa shape index (κ2) is 4.42. The van der Waals surface area contributed by atoms with Crippen molar-refractivity contribution in [1.82, 2.24) is 9.80 Å². The number of rotatable bonds is 3. The van der Waals surface area contributed by atoms with Crippen LogP contribution in [0.25, 0.3) is 0 Å². The van der Waals surface area contributed by atoms with Crippen LogP contribution in [0.5, 0.6) is 0 Å². The first kappa shape index (κ1) is 11.4. The normalized spacial score (nSPS) is 33.2. The highest BCUT2D eigenvalue weighted by Crippen LogP contribution is 2.31. The molecule has 2 bridgehead atoms. The highest BCUT2D eigenvalue weighted by atomic mass is 15.3. The van der Waals surface area contributed by atoms with Crippen LogP contribution in [0.4, 0.5) is 0 Å². The number of likely N-dealkylation sites (tertiary alicyclic amines) is 1. The lowest BCUT2D eigenvalue weighted by molar-refractivity contribution is 0.0386. The molecule has 2 fully saturated rings. The van der Waals surface area contributed by atoms with E-state index in [4.69, 9.17) is 0 Å². The van der Waals surface area contributed by atoms with Crippen molar-refractivity contribution in [2.24, 2.45) is 5.92 Å². The van der Waals surface area contributed by atoms with E-state index in [0.717, 1.165) is 24.0 Å². The van der Waals surface area contributed by atoms with Crippen molar-refractivity contribution in [3.8, 4) is 0 Å². The third kappa shape index (κ3) is 2.36. The van der Waals surface area contributed by atoms with Gasteiger partial charge in [-0.25, -0.2) is 0 Å². The molecule has 2 nitrogen and oxygen atoms in total. The first-order chi connectivity index (χ1) is 7.08. The van der Waals surface area contributed by atoms with E-state index >= 15 is 0 Å². The van der Waals surface area contributed by atoms with Crippen LogP contribution in [0.15, 0.2) is 0 Å². The van der Waals surface area contributed by atoms with Gasteiger partial charge in [-0.1, -0.05) is 13.8 Å². The Balaban J connectivity index is 1.96. The predicted octanol–water partition coefficient (Wildman–Crippen LogP) is 2.20. The fourth-order valence-corrected chi connectivity index (χ4v) is 3.53. The lowest BCUT2D eigenvalue weighted by Gasteiger charge is -2.43. The average molecular weight is 210 g/mol. The molecule has 0 aliphatic carbocycles. The van der Waals surface area contributed by atoms with Gasteiger partial charge in [-0.2, -0.15) is 0 Å². The Morgan fingerprint density at radius 2 is 1.53 bits per heavy atom. The van der Waals surface area contributed by atoms with Crippen molar-refractivity contribution in [1.29, 1.82) is 0 Å². The zero-order valence-corrected chi connectivity index (χ0v) is 10.7. The number of piperazine rings is 1. The largest absolute Gasteiger partial charge is 0.300 e. The maximum Gasteiger partial charge on any atom is 0.0229 e. The van der Waals surface area contributed by atoms with E-state index in [1.54, 1.807) is 0 Å². The molecule has 0 aromatic heterocycles. The Bertz CT molecular complexity index is 199. The van der Waals surface area contributed by atoms with Crippen molar-refractivity contribution in [3.63, 3.8) is 0 Å². The van der Waals surface area contributed by atoms with Crippen molar-refractivity contribution in [2.45, 2.75) is 58.7 Å². The summed E-state index contributed by atoms with van der Waals surface area (Å²) in [5, 5.41) is 0. The minimum Gasteiger partial charge on any atom is -0.300 e. The summed E-state index contributed by atoms with van der Waals surface area (Å²) >= 11 is 0. The SMILES string of the molecule is CC(C)CN1C[C@H]2CC[C@@H](C1)N2C(C)C. The number of hydrogen-bond acceptors (Lipinski definition) is 2. The van der Waals surface area contributed by atoms with E-state index in [-0.39, 0.29) is 0 Å². The standard InChI is InChI=1S/C13H26N2/c1-10(2)7-14-8-12-5-6-13(9-14)15(12)11(3)4/h10-13H,5-9H2,1-4H3/t12-,13+. The molecule has 0 aromatic rings. The van der Waals surface area contributed by atoms with E-state index < -0.39 is 0 Å². The molecule has 2 saturated heterocycles. The van der Waals surface area contributed by atoms with Crippen LogP contribution in [0.2, 0.25) is 0 Å². The molecule has 0 saturated carbocycles. The summed E-state index contributed by atoms with van der Waals surface area (Å²) in [5.41, 5.74) is 0. The van der Waals surface area contributed by atoms with E-state index in [2.05, 4.69) is 37.5 Å². The summed E-state index contributed by atoms with van der Waals surface area (Å²) in [6.07, 6.45) is 2.86. The van der Waals surface area contributed by atoms with Crippen LogP contribution in [-0.4, -0.2) is 47.6 Å². The van der Waals surface area contributed by atoms with Gasteiger partial charge in [0.25, 0.3) is 0 Å². The molecule has 0 aromatic carbocycles. The summed E-state index contributed by atoms with van der Waals surface area (Å²) in [6, 6.07) is 2.44. The molecule has 2 aliphatic rings. The fraction of sp³-hybridized carbons (Fsp3) is 1.00. The highest BCUT2D eigenvalue weighted by Gasteiger charge is 2.40. The van der Waals surface area contributed by atoms with Crippen LogP contribution in [0, 0.1) is 5.92 Å². The molecule has 0 unspecified atom stereocenters. The quantitative estimate of drug-likeness (QED) is 0.704. The Kier molecular flexibility index (Phi) is 3.36. The zero-order valence-electron chi connectivity index (χ0n) is 10.7. The number of fused-ring (bicyclic) bond motifs is 2. The van der Waals surface area contributed by atoms with Crippen molar-refractivity contribution >= 4 is 0 Å². The minimum atomic E-state index is 0.740. The van der Waals surface area contributed by atoms with Crippen LogP contribution >= 0.6 is 0 Å². The fourth-order valence-electron chi connectivity index (χ4n) is 3.53. The number of hydrogen-bond donors (Lipinski definition) is 0.